The number of aromatic nitrogens is 6. The monoisotopic (exact) mass is 555 g/mol. The lowest BCUT2D eigenvalue weighted by molar-refractivity contribution is 0.631. The summed E-state index contributed by atoms with van der Waals surface area (Å²) in [5, 5.41) is 11.3. The second-order valence-corrected chi connectivity index (χ2v) is 9.92. The second-order valence-electron chi connectivity index (χ2n) is 9.92. The minimum absolute atomic E-state index is 0.352. The van der Waals surface area contributed by atoms with Crippen molar-refractivity contribution in [2.24, 2.45) is 0 Å². The minimum atomic E-state index is -0.421. The number of aromatic amines is 2. The molecule has 0 unspecified atom stereocenters. The molecule has 7 rings (SSSR count). The number of benzene rings is 3. The molecule has 0 saturated heterocycles. The molecule has 0 bridgehead atoms. The molecule has 0 aliphatic carbocycles. The zero-order chi connectivity index (χ0) is 28.6. The van der Waals surface area contributed by atoms with Crippen LogP contribution in [0.25, 0.3) is 55.8 Å². The van der Waals surface area contributed by atoms with Crippen molar-refractivity contribution in [1.82, 2.24) is 30.1 Å². The number of imidazole rings is 1. The number of hydrogen-bond acceptors (Lipinski definition) is 5. The van der Waals surface area contributed by atoms with Crippen molar-refractivity contribution in [3.05, 3.63) is 127 Å². The van der Waals surface area contributed by atoms with Gasteiger partial charge >= 0.3 is 0 Å². The Kier molecular flexibility index (Phi) is 6.24. The van der Waals surface area contributed by atoms with Gasteiger partial charge in [-0.2, -0.15) is 5.10 Å². The highest BCUT2D eigenvalue weighted by atomic mass is 19.1. The van der Waals surface area contributed by atoms with Gasteiger partial charge in [0.05, 0.1) is 22.9 Å². The van der Waals surface area contributed by atoms with E-state index in [9.17, 15) is 4.39 Å². The van der Waals surface area contributed by atoms with Crippen LogP contribution in [0.15, 0.2) is 110 Å². The maximum Gasteiger partial charge on any atom is 0.159 e. The van der Waals surface area contributed by atoms with Gasteiger partial charge in [0.15, 0.2) is 5.82 Å². The summed E-state index contributed by atoms with van der Waals surface area (Å²) in [5.74, 6) is -0.359. The minimum Gasteiger partial charge on any atom is -0.358 e. The average Bonchev–Trinajstić information content (AvgIpc) is 3.61. The van der Waals surface area contributed by atoms with Crippen LogP contribution >= 0.6 is 0 Å². The average molecular weight is 556 g/mol. The van der Waals surface area contributed by atoms with Gasteiger partial charge in [0.25, 0.3) is 0 Å². The van der Waals surface area contributed by atoms with Crippen molar-refractivity contribution in [3.63, 3.8) is 0 Å². The first-order valence-corrected chi connectivity index (χ1v) is 13.3. The SMILES string of the molecule is C=C(Cc1ccccc1)Nc1cncc(-c2cc3c(-c4nc5c(-c6ccccc6F)nccc5[nH]4)n[nH]c3cc2F)c1. The Bertz CT molecular complexity index is 2100. The van der Waals surface area contributed by atoms with E-state index in [1.165, 1.54) is 12.1 Å². The van der Waals surface area contributed by atoms with Gasteiger partial charge in [-0.1, -0.05) is 49.0 Å². The molecule has 0 spiro atoms. The molecule has 3 aromatic carbocycles. The van der Waals surface area contributed by atoms with Gasteiger partial charge in [0.1, 0.15) is 28.5 Å². The van der Waals surface area contributed by atoms with Crippen LogP contribution in [0.3, 0.4) is 0 Å². The molecule has 0 aliphatic rings. The van der Waals surface area contributed by atoms with E-state index in [0.29, 0.717) is 67.9 Å². The van der Waals surface area contributed by atoms with Gasteiger partial charge in [-0.25, -0.2) is 13.8 Å². The van der Waals surface area contributed by atoms with Crippen molar-refractivity contribution in [2.45, 2.75) is 6.42 Å². The number of nitrogens with zero attached hydrogens (tertiary/aromatic N) is 4. The Morgan fingerprint density at radius 3 is 2.52 bits per heavy atom. The van der Waals surface area contributed by atoms with Crippen LogP contribution < -0.4 is 5.32 Å². The molecule has 204 valence electrons. The van der Waals surface area contributed by atoms with Crippen LogP contribution in [-0.4, -0.2) is 30.1 Å². The fourth-order valence-corrected chi connectivity index (χ4v) is 5.08. The van der Waals surface area contributed by atoms with E-state index in [1.54, 1.807) is 48.9 Å². The molecule has 0 atom stereocenters. The summed E-state index contributed by atoms with van der Waals surface area (Å²) in [6.45, 7) is 4.13. The summed E-state index contributed by atoms with van der Waals surface area (Å²) in [7, 11) is 0. The van der Waals surface area contributed by atoms with Crippen LogP contribution in [0.5, 0.6) is 0 Å². The lowest BCUT2D eigenvalue weighted by Crippen LogP contribution is -2.02. The fraction of sp³-hybridized carbons (Fsp3) is 0.0303. The molecule has 7 aromatic rings. The lowest BCUT2D eigenvalue weighted by atomic mass is 10.0. The van der Waals surface area contributed by atoms with Crippen molar-refractivity contribution >= 4 is 27.6 Å². The normalized spacial score (nSPS) is 11.3. The molecular weight excluding hydrogens is 532 g/mol. The molecule has 0 aliphatic heterocycles. The number of hydrogen-bond donors (Lipinski definition) is 3. The van der Waals surface area contributed by atoms with Crippen molar-refractivity contribution in [3.8, 4) is 33.9 Å². The largest absolute Gasteiger partial charge is 0.358 e. The van der Waals surface area contributed by atoms with Gasteiger partial charge in [0, 0.05) is 52.7 Å². The number of allylic oxidation sites excluding steroid dienone is 1. The fourth-order valence-electron chi connectivity index (χ4n) is 5.08. The van der Waals surface area contributed by atoms with Crippen molar-refractivity contribution < 1.29 is 8.78 Å². The second kappa shape index (κ2) is 10.4. The molecule has 0 amide bonds. The Morgan fingerprint density at radius 1 is 0.833 bits per heavy atom. The zero-order valence-electron chi connectivity index (χ0n) is 22.2. The van der Waals surface area contributed by atoms with E-state index >= 15 is 4.39 Å². The first kappa shape index (κ1) is 25.3. The maximum absolute atomic E-state index is 15.4. The molecule has 3 N–H and O–H groups in total. The third-order valence-electron chi connectivity index (χ3n) is 7.04. The van der Waals surface area contributed by atoms with Crippen molar-refractivity contribution in [2.75, 3.05) is 5.32 Å². The van der Waals surface area contributed by atoms with Gasteiger partial charge < -0.3 is 10.3 Å². The summed E-state index contributed by atoms with van der Waals surface area (Å²) in [6, 6.07) is 23.2. The third-order valence-corrected chi connectivity index (χ3v) is 7.04. The third kappa shape index (κ3) is 4.66. The van der Waals surface area contributed by atoms with E-state index < -0.39 is 5.82 Å². The van der Waals surface area contributed by atoms with E-state index in [0.717, 1.165) is 11.3 Å². The van der Waals surface area contributed by atoms with E-state index in [1.807, 2.05) is 36.4 Å². The molecule has 42 heavy (non-hydrogen) atoms. The summed E-state index contributed by atoms with van der Waals surface area (Å²) >= 11 is 0. The predicted molar refractivity (Wildman–Crippen MR) is 160 cm³/mol. The van der Waals surface area contributed by atoms with E-state index in [-0.39, 0.29) is 5.82 Å². The van der Waals surface area contributed by atoms with Crippen molar-refractivity contribution in [1.29, 1.82) is 0 Å². The van der Waals surface area contributed by atoms with Gasteiger partial charge in [-0.3, -0.25) is 15.1 Å². The van der Waals surface area contributed by atoms with Crippen LogP contribution in [0.2, 0.25) is 0 Å². The summed E-state index contributed by atoms with van der Waals surface area (Å²) < 4.78 is 30.0. The summed E-state index contributed by atoms with van der Waals surface area (Å²) in [5.41, 5.74) is 6.55. The summed E-state index contributed by atoms with van der Waals surface area (Å²) in [4.78, 5) is 16.7. The predicted octanol–water partition coefficient (Wildman–Crippen LogP) is 7.68. The number of fused-ring (bicyclic) bond motifs is 2. The molecule has 4 aromatic heterocycles. The van der Waals surface area contributed by atoms with E-state index in [2.05, 4.69) is 37.0 Å². The Balaban J connectivity index is 1.24. The van der Waals surface area contributed by atoms with Crippen LogP contribution in [0, 0.1) is 11.6 Å². The molecule has 0 radical (unpaired) electrons. The highest BCUT2D eigenvalue weighted by Gasteiger charge is 2.19. The zero-order valence-corrected chi connectivity index (χ0v) is 22.2. The lowest BCUT2D eigenvalue weighted by Gasteiger charge is -2.11. The Hall–Kier alpha value is -5.70. The topological polar surface area (TPSA) is 95.2 Å². The highest BCUT2D eigenvalue weighted by Crippen LogP contribution is 2.34. The number of pyridine rings is 2. The number of H-pyrrole nitrogens is 2. The molecular formula is C33H23F2N7. The van der Waals surface area contributed by atoms with Gasteiger partial charge in [-0.15, -0.1) is 0 Å². The summed E-state index contributed by atoms with van der Waals surface area (Å²) in [6.07, 6.45) is 5.54. The molecule has 9 heteroatoms. The molecule has 4 heterocycles. The number of halogens is 2. The maximum atomic E-state index is 15.4. The highest BCUT2D eigenvalue weighted by molar-refractivity contribution is 5.97. The number of anilines is 1. The quantitative estimate of drug-likeness (QED) is 0.188. The molecule has 0 fully saturated rings. The van der Waals surface area contributed by atoms with Crippen LogP contribution in [-0.2, 0) is 6.42 Å². The smallest absolute Gasteiger partial charge is 0.159 e. The molecule has 0 saturated carbocycles. The Labute approximate surface area is 239 Å². The number of nitrogens with one attached hydrogen (secondary N) is 3. The Morgan fingerprint density at radius 2 is 1.67 bits per heavy atom. The van der Waals surface area contributed by atoms with E-state index in [4.69, 9.17) is 4.98 Å². The first-order chi connectivity index (χ1) is 20.5. The molecule has 7 nitrogen and oxygen atoms in total. The van der Waals surface area contributed by atoms with Crippen LogP contribution in [0.1, 0.15) is 5.56 Å². The number of rotatable bonds is 7. The first-order valence-electron chi connectivity index (χ1n) is 13.3. The van der Waals surface area contributed by atoms with Crippen LogP contribution in [0.4, 0.5) is 14.5 Å². The standard InChI is InChI=1S/C33H23F2N7/c1-19(13-20-7-3-2-4-8-20)38-22-14-21(17-36-18-22)24-15-25-29(16-27(24)35)41-42-31(25)33-39-28-11-12-37-30(32(28)40-33)23-9-5-6-10-26(23)34/h2-12,14-18,38H,1,13H2,(H,39,40)(H,41,42). The van der Waals surface area contributed by atoms with Gasteiger partial charge in [-0.05, 0) is 35.9 Å². The van der Waals surface area contributed by atoms with Gasteiger partial charge in [0.2, 0.25) is 0 Å².